The molecule has 0 aliphatic rings. The lowest BCUT2D eigenvalue weighted by molar-refractivity contribution is 0.104. The van der Waals surface area contributed by atoms with Gasteiger partial charge in [0.2, 0.25) is 0 Å². The highest BCUT2D eigenvalue weighted by molar-refractivity contribution is 9.11. The van der Waals surface area contributed by atoms with E-state index in [1.165, 1.54) is 0 Å². The Morgan fingerprint density at radius 2 is 0.812 bits per heavy atom. The van der Waals surface area contributed by atoms with E-state index in [4.69, 9.17) is 0 Å². The van der Waals surface area contributed by atoms with Crippen molar-refractivity contribution in [3.63, 3.8) is 0 Å². The molecule has 0 aromatic heterocycles. The summed E-state index contributed by atoms with van der Waals surface area (Å²) in [7, 11) is 0. The number of ketones is 1. The lowest BCUT2D eigenvalue weighted by Gasteiger charge is -2.13. The van der Waals surface area contributed by atoms with Gasteiger partial charge in [-0.3, -0.25) is 4.79 Å². The summed E-state index contributed by atoms with van der Waals surface area (Å²) in [6, 6.07) is 32.9. The molecule has 6 aromatic rings. The maximum absolute atomic E-state index is 13.9. The minimum atomic E-state index is 0.0329. The van der Waals surface area contributed by atoms with Crippen molar-refractivity contribution in [3.05, 3.63) is 117 Å². The number of carbonyl (C=O) groups excluding carboxylic acids is 1. The molecular weight excluding hydrogens is 524 g/mol. The fourth-order valence-electron chi connectivity index (χ4n) is 4.53. The molecule has 0 amide bonds. The first kappa shape index (κ1) is 19.7. The molecule has 152 valence electrons. The minimum absolute atomic E-state index is 0.0329. The third kappa shape index (κ3) is 3.08. The Hall–Kier alpha value is -3.01. The number of halogens is 2. The van der Waals surface area contributed by atoms with Gasteiger partial charge in [-0.2, -0.15) is 0 Å². The number of carbonyl (C=O) groups is 1. The van der Waals surface area contributed by atoms with Crippen molar-refractivity contribution in [2.75, 3.05) is 0 Å². The SMILES string of the molecule is O=C(c1ccc(Br)c2cc3ccccc3cc12)c1ccc(Br)c2cc3ccccc3cc12. The number of benzene rings is 6. The average Bonchev–Trinajstić information content (AvgIpc) is 2.82. The van der Waals surface area contributed by atoms with Gasteiger partial charge in [-0.15, -0.1) is 0 Å². The molecule has 1 nitrogen and oxygen atoms in total. The monoisotopic (exact) mass is 538 g/mol. The molecule has 0 atom stereocenters. The first-order chi connectivity index (χ1) is 15.6. The Bertz CT molecular complexity index is 1590. The van der Waals surface area contributed by atoms with Crippen LogP contribution in [0.5, 0.6) is 0 Å². The average molecular weight is 540 g/mol. The summed E-state index contributed by atoms with van der Waals surface area (Å²) < 4.78 is 1.97. The molecular formula is C29H16Br2O. The van der Waals surface area contributed by atoms with Gasteiger partial charge in [0.1, 0.15) is 0 Å². The van der Waals surface area contributed by atoms with Crippen molar-refractivity contribution in [3.8, 4) is 0 Å². The van der Waals surface area contributed by atoms with Crippen molar-refractivity contribution < 1.29 is 4.79 Å². The molecule has 0 fully saturated rings. The van der Waals surface area contributed by atoms with Crippen LogP contribution < -0.4 is 0 Å². The Morgan fingerprint density at radius 1 is 0.469 bits per heavy atom. The van der Waals surface area contributed by atoms with E-state index >= 15 is 0 Å². The molecule has 0 spiro atoms. The van der Waals surface area contributed by atoms with Crippen LogP contribution in [0.25, 0.3) is 43.1 Å². The van der Waals surface area contributed by atoms with Crippen molar-refractivity contribution in [1.29, 1.82) is 0 Å². The molecule has 0 saturated heterocycles. The third-order valence-corrected chi connectivity index (χ3v) is 7.53. The maximum atomic E-state index is 13.9. The summed E-state index contributed by atoms with van der Waals surface area (Å²) >= 11 is 7.36. The van der Waals surface area contributed by atoms with Crippen molar-refractivity contribution in [2.45, 2.75) is 0 Å². The van der Waals surface area contributed by atoms with Gasteiger partial charge in [0, 0.05) is 20.1 Å². The molecule has 0 aliphatic heterocycles. The van der Waals surface area contributed by atoms with Crippen LogP contribution in [0, 0.1) is 0 Å². The van der Waals surface area contributed by atoms with E-state index in [1.807, 2.05) is 48.5 Å². The highest BCUT2D eigenvalue weighted by Crippen LogP contribution is 2.35. The van der Waals surface area contributed by atoms with Crippen molar-refractivity contribution in [2.24, 2.45) is 0 Å². The van der Waals surface area contributed by atoms with Gasteiger partial charge in [0.05, 0.1) is 0 Å². The standard InChI is InChI=1S/C29H16Br2O/c30-27-11-9-21(23-13-17-5-1-3-7-19(17)15-25(23)27)29(32)22-10-12-28(31)26-16-20-8-4-2-6-18(20)14-24(22)26/h1-16H. The summed E-state index contributed by atoms with van der Waals surface area (Å²) in [5.41, 5.74) is 1.43. The Labute approximate surface area is 201 Å². The summed E-state index contributed by atoms with van der Waals surface area (Å²) in [5.74, 6) is 0.0329. The van der Waals surface area contributed by atoms with E-state index < -0.39 is 0 Å². The molecule has 0 N–H and O–H groups in total. The normalized spacial score (nSPS) is 11.6. The first-order valence-corrected chi connectivity index (χ1v) is 12.0. The van der Waals surface area contributed by atoms with E-state index in [1.54, 1.807) is 0 Å². The molecule has 0 radical (unpaired) electrons. The molecule has 0 heterocycles. The van der Waals surface area contributed by atoms with Crippen LogP contribution in [0.2, 0.25) is 0 Å². The predicted octanol–water partition coefficient (Wildman–Crippen LogP) is 9.06. The molecule has 0 saturated carbocycles. The van der Waals surface area contributed by atoms with Gasteiger partial charge in [-0.05, 0) is 91.6 Å². The van der Waals surface area contributed by atoms with Crippen LogP contribution in [0.3, 0.4) is 0 Å². The molecule has 6 aromatic carbocycles. The van der Waals surface area contributed by atoms with Crippen LogP contribution in [0.15, 0.2) is 106 Å². The summed E-state index contributed by atoms with van der Waals surface area (Å²) in [4.78, 5) is 13.9. The van der Waals surface area contributed by atoms with E-state index in [0.29, 0.717) is 11.1 Å². The summed E-state index contributed by atoms with van der Waals surface area (Å²) in [6.45, 7) is 0. The number of rotatable bonds is 2. The van der Waals surface area contributed by atoms with Crippen LogP contribution in [0.1, 0.15) is 15.9 Å². The highest BCUT2D eigenvalue weighted by atomic mass is 79.9. The molecule has 0 bridgehead atoms. The maximum Gasteiger partial charge on any atom is 0.194 e. The molecule has 0 aliphatic carbocycles. The van der Waals surface area contributed by atoms with Crippen molar-refractivity contribution in [1.82, 2.24) is 0 Å². The van der Waals surface area contributed by atoms with Gasteiger partial charge in [0.15, 0.2) is 5.78 Å². The quantitative estimate of drug-likeness (QED) is 0.158. The van der Waals surface area contributed by atoms with E-state index in [-0.39, 0.29) is 5.78 Å². The summed E-state index contributed by atoms with van der Waals surface area (Å²) in [5, 5.41) is 8.57. The second-order valence-electron chi connectivity index (χ2n) is 8.01. The third-order valence-electron chi connectivity index (χ3n) is 6.15. The van der Waals surface area contributed by atoms with Gasteiger partial charge in [-0.1, -0.05) is 80.4 Å². The zero-order valence-corrected chi connectivity index (χ0v) is 20.1. The topological polar surface area (TPSA) is 17.1 Å². The zero-order chi connectivity index (χ0) is 21.8. The van der Waals surface area contributed by atoms with Crippen LogP contribution >= 0.6 is 31.9 Å². The molecule has 0 unspecified atom stereocenters. The second kappa shape index (κ2) is 7.54. The van der Waals surface area contributed by atoms with Gasteiger partial charge in [-0.25, -0.2) is 0 Å². The molecule has 3 heteroatoms. The Balaban J connectivity index is 1.64. The highest BCUT2D eigenvalue weighted by Gasteiger charge is 2.18. The fourth-order valence-corrected chi connectivity index (χ4v) is 5.46. The van der Waals surface area contributed by atoms with Gasteiger partial charge < -0.3 is 0 Å². The molecule has 32 heavy (non-hydrogen) atoms. The smallest absolute Gasteiger partial charge is 0.194 e. The van der Waals surface area contributed by atoms with E-state index in [0.717, 1.165) is 52.0 Å². The summed E-state index contributed by atoms with van der Waals surface area (Å²) in [6.07, 6.45) is 0. The number of fused-ring (bicyclic) bond motifs is 4. The van der Waals surface area contributed by atoms with Gasteiger partial charge >= 0.3 is 0 Å². The van der Waals surface area contributed by atoms with E-state index in [2.05, 4.69) is 80.4 Å². The molecule has 6 rings (SSSR count). The Morgan fingerprint density at radius 3 is 1.19 bits per heavy atom. The van der Waals surface area contributed by atoms with Crippen LogP contribution in [-0.2, 0) is 0 Å². The fraction of sp³-hybridized carbons (Fsp3) is 0. The zero-order valence-electron chi connectivity index (χ0n) is 16.9. The van der Waals surface area contributed by atoms with Crippen LogP contribution in [0.4, 0.5) is 0 Å². The van der Waals surface area contributed by atoms with Crippen LogP contribution in [-0.4, -0.2) is 5.78 Å². The van der Waals surface area contributed by atoms with Gasteiger partial charge in [0.25, 0.3) is 0 Å². The predicted molar refractivity (Wildman–Crippen MR) is 142 cm³/mol. The largest absolute Gasteiger partial charge is 0.289 e. The van der Waals surface area contributed by atoms with E-state index in [9.17, 15) is 4.79 Å². The lowest BCUT2D eigenvalue weighted by Crippen LogP contribution is -2.04. The Kier molecular flexibility index (Phi) is 4.63. The second-order valence-corrected chi connectivity index (χ2v) is 9.72. The van der Waals surface area contributed by atoms with Crippen molar-refractivity contribution >= 4 is 80.7 Å². The number of hydrogen-bond acceptors (Lipinski definition) is 1. The minimum Gasteiger partial charge on any atom is -0.289 e. The number of hydrogen-bond donors (Lipinski definition) is 0. The first-order valence-electron chi connectivity index (χ1n) is 10.4. The lowest BCUT2D eigenvalue weighted by atomic mass is 9.91.